The van der Waals surface area contributed by atoms with Crippen LogP contribution in [0.1, 0.15) is 57.8 Å². The lowest BCUT2D eigenvalue weighted by Gasteiger charge is -2.38. The van der Waals surface area contributed by atoms with Gasteiger partial charge in [-0.1, -0.05) is 20.8 Å². The van der Waals surface area contributed by atoms with Crippen molar-refractivity contribution in [2.75, 3.05) is 0 Å². The van der Waals surface area contributed by atoms with Gasteiger partial charge in [-0.25, -0.2) is 0 Å². The molecule has 1 N–H and O–H groups in total. The maximum Gasteiger partial charge on any atom is 0.310 e. The molecule has 118 valence electrons. The molecule has 4 heteroatoms. The smallest absolute Gasteiger partial charge is 0.310 e. The molecule has 0 amide bonds. The highest BCUT2D eigenvalue weighted by Gasteiger charge is 2.43. The van der Waals surface area contributed by atoms with Gasteiger partial charge >= 0.3 is 5.97 Å². The first-order valence-corrected chi connectivity index (χ1v) is 8.13. The Balaban J connectivity index is 2.16. The number of rotatable bonds is 5. The molecule has 0 radical (unpaired) electrons. The fraction of sp³-hybridized carbons (Fsp3) is 0.765. The molecule has 1 aliphatic rings. The summed E-state index contributed by atoms with van der Waals surface area (Å²) in [5.41, 5.74) is 1.51. The molecular weight excluding hydrogens is 264 g/mol. The van der Waals surface area contributed by atoms with Crippen molar-refractivity contribution in [2.24, 2.45) is 24.3 Å². The lowest BCUT2D eigenvalue weighted by Crippen LogP contribution is -2.38. The van der Waals surface area contributed by atoms with Gasteiger partial charge in [0.15, 0.2) is 0 Å². The van der Waals surface area contributed by atoms with E-state index in [0.717, 1.165) is 43.5 Å². The van der Waals surface area contributed by atoms with E-state index in [1.54, 1.807) is 0 Å². The lowest BCUT2D eigenvalue weighted by atomic mass is 9.66. The van der Waals surface area contributed by atoms with Gasteiger partial charge in [-0.15, -0.1) is 0 Å². The van der Waals surface area contributed by atoms with E-state index >= 15 is 0 Å². The molecule has 1 fully saturated rings. The van der Waals surface area contributed by atoms with Crippen LogP contribution in [-0.2, 0) is 24.7 Å². The number of carboxylic acid groups (broad SMARTS) is 1. The minimum atomic E-state index is -0.635. The molecule has 0 bridgehead atoms. The van der Waals surface area contributed by atoms with Crippen molar-refractivity contribution in [1.29, 1.82) is 0 Å². The van der Waals surface area contributed by atoms with E-state index in [-0.39, 0.29) is 0 Å². The standard InChI is InChI=1S/C17H28N2O2/c1-5-14-10-15(19(4)18-14)11-17(16(20)21)8-6-13(7-9-17)12(2)3/h10,12-13H,5-9,11H2,1-4H3,(H,20,21). The molecule has 0 aliphatic heterocycles. The van der Waals surface area contributed by atoms with Gasteiger partial charge in [0.05, 0.1) is 11.1 Å². The Bertz CT molecular complexity index is 497. The van der Waals surface area contributed by atoms with Crippen LogP contribution in [0.5, 0.6) is 0 Å². The van der Waals surface area contributed by atoms with Gasteiger partial charge in [0.25, 0.3) is 0 Å². The fourth-order valence-electron chi connectivity index (χ4n) is 3.58. The van der Waals surface area contributed by atoms with E-state index in [1.165, 1.54) is 0 Å². The molecular formula is C17H28N2O2. The summed E-state index contributed by atoms with van der Waals surface area (Å²) >= 11 is 0. The topological polar surface area (TPSA) is 55.1 Å². The number of aliphatic carboxylic acids is 1. The minimum Gasteiger partial charge on any atom is -0.481 e. The number of hydrogen-bond donors (Lipinski definition) is 1. The van der Waals surface area contributed by atoms with Crippen molar-refractivity contribution in [1.82, 2.24) is 9.78 Å². The van der Waals surface area contributed by atoms with E-state index in [1.807, 2.05) is 11.7 Å². The van der Waals surface area contributed by atoms with Crippen LogP contribution in [-0.4, -0.2) is 20.9 Å². The number of nitrogens with zero attached hydrogens (tertiary/aromatic N) is 2. The Kier molecular flexibility index (Phi) is 4.74. The Morgan fingerprint density at radius 2 is 2.10 bits per heavy atom. The zero-order valence-electron chi connectivity index (χ0n) is 13.7. The molecule has 0 saturated heterocycles. The predicted octanol–water partition coefficient (Wildman–Crippen LogP) is 3.44. The maximum absolute atomic E-state index is 11.9. The molecule has 0 aromatic carbocycles. The van der Waals surface area contributed by atoms with Crippen LogP contribution in [0.3, 0.4) is 0 Å². The van der Waals surface area contributed by atoms with Crippen LogP contribution in [0.15, 0.2) is 6.07 Å². The van der Waals surface area contributed by atoms with Crippen molar-refractivity contribution >= 4 is 5.97 Å². The van der Waals surface area contributed by atoms with Crippen molar-refractivity contribution in [2.45, 2.75) is 59.3 Å². The van der Waals surface area contributed by atoms with Crippen molar-refractivity contribution in [3.8, 4) is 0 Å². The minimum absolute atomic E-state index is 0.593. The van der Waals surface area contributed by atoms with E-state index < -0.39 is 11.4 Å². The first kappa shape index (κ1) is 16.1. The molecule has 0 spiro atoms. The second-order valence-corrected chi connectivity index (χ2v) is 6.95. The summed E-state index contributed by atoms with van der Waals surface area (Å²) < 4.78 is 1.86. The zero-order valence-corrected chi connectivity index (χ0v) is 13.7. The molecule has 1 heterocycles. The van der Waals surface area contributed by atoms with Gasteiger partial charge in [0.1, 0.15) is 0 Å². The van der Waals surface area contributed by atoms with Crippen LogP contribution < -0.4 is 0 Å². The van der Waals surface area contributed by atoms with Gasteiger partial charge in [-0.2, -0.15) is 5.10 Å². The summed E-state index contributed by atoms with van der Waals surface area (Å²) in [5.74, 6) is 0.694. The molecule has 1 aliphatic carbocycles. The fourth-order valence-corrected chi connectivity index (χ4v) is 3.58. The summed E-state index contributed by atoms with van der Waals surface area (Å²) in [7, 11) is 1.92. The van der Waals surface area contributed by atoms with Gasteiger partial charge in [-0.05, 0) is 50.0 Å². The molecule has 1 aromatic rings. The number of carboxylic acids is 1. The summed E-state index contributed by atoms with van der Waals surface area (Å²) in [6.45, 7) is 6.56. The largest absolute Gasteiger partial charge is 0.481 e. The predicted molar refractivity (Wildman–Crippen MR) is 83.2 cm³/mol. The quantitative estimate of drug-likeness (QED) is 0.904. The summed E-state index contributed by atoms with van der Waals surface area (Å²) in [6.07, 6.45) is 5.14. The second kappa shape index (κ2) is 6.20. The second-order valence-electron chi connectivity index (χ2n) is 6.95. The van der Waals surface area contributed by atoms with E-state index in [0.29, 0.717) is 18.3 Å². The number of hydrogen-bond acceptors (Lipinski definition) is 2. The molecule has 0 unspecified atom stereocenters. The third kappa shape index (κ3) is 3.30. The van der Waals surface area contributed by atoms with Crippen LogP contribution in [0.2, 0.25) is 0 Å². The van der Waals surface area contributed by atoms with Gasteiger partial charge in [0, 0.05) is 19.2 Å². The Labute approximate surface area is 127 Å². The number of aryl methyl sites for hydroxylation is 2. The zero-order chi connectivity index (χ0) is 15.6. The van der Waals surface area contributed by atoms with Gasteiger partial charge in [-0.3, -0.25) is 9.48 Å². The van der Waals surface area contributed by atoms with Gasteiger partial charge in [0.2, 0.25) is 0 Å². The average Bonchev–Trinajstić information content (AvgIpc) is 2.79. The van der Waals surface area contributed by atoms with Crippen LogP contribution in [0.4, 0.5) is 0 Å². The summed E-state index contributed by atoms with van der Waals surface area (Å²) in [4.78, 5) is 11.9. The van der Waals surface area contributed by atoms with E-state index in [4.69, 9.17) is 0 Å². The number of aromatic nitrogens is 2. The first-order valence-electron chi connectivity index (χ1n) is 8.13. The highest BCUT2D eigenvalue weighted by molar-refractivity contribution is 5.75. The Hall–Kier alpha value is -1.32. The molecule has 1 saturated carbocycles. The van der Waals surface area contributed by atoms with E-state index in [2.05, 4.69) is 31.9 Å². The van der Waals surface area contributed by atoms with Crippen LogP contribution in [0, 0.1) is 17.3 Å². The van der Waals surface area contributed by atoms with Crippen LogP contribution in [0.25, 0.3) is 0 Å². The lowest BCUT2D eigenvalue weighted by molar-refractivity contribution is -0.152. The van der Waals surface area contributed by atoms with Gasteiger partial charge < -0.3 is 5.11 Å². The average molecular weight is 292 g/mol. The Morgan fingerprint density at radius 3 is 2.52 bits per heavy atom. The van der Waals surface area contributed by atoms with E-state index in [9.17, 15) is 9.90 Å². The highest BCUT2D eigenvalue weighted by Crippen LogP contribution is 2.43. The Morgan fingerprint density at radius 1 is 1.48 bits per heavy atom. The molecule has 1 aromatic heterocycles. The van der Waals surface area contributed by atoms with Crippen molar-refractivity contribution in [3.63, 3.8) is 0 Å². The maximum atomic E-state index is 11.9. The van der Waals surface area contributed by atoms with Crippen LogP contribution >= 0.6 is 0 Å². The third-order valence-electron chi connectivity index (χ3n) is 5.29. The third-order valence-corrected chi connectivity index (χ3v) is 5.29. The normalized spacial score (nSPS) is 26.2. The monoisotopic (exact) mass is 292 g/mol. The SMILES string of the molecule is CCc1cc(CC2(C(=O)O)CCC(C(C)C)CC2)n(C)n1. The van der Waals surface area contributed by atoms with Crippen molar-refractivity contribution < 1.29 is 9.90 Å². The first-order chi connectivity index (χ1) is 9.88. The highest BCUT2D eigenvalue weighted by atomic mass is 16.4. The number of carbonyl (C=O) groups is 1. The molecule has 2 rings (SSSR count). The summed E-state index contributed by atoms with van der Waals surface area (Å²) in [5, 5.41) is 14.3. The molecule has 4 nitrogen and oxygen atoms in total. The molecule has 21 heavy (non-hydrogen) atoms. The summed E-state index contributed by atoms with van der Waals surface area (Å²) in [6, 6.07) is 2.07. The van der Waals surface area contributed by atoms with Crippen molar-refractivity contribution in [3.05, 3.63) is 17.5 Å². The molecule has 0 atom stereocenters.